The van der Waals surface area contributed by atoms with Gasteiger partial charge >= 0.3 is 0 Å². The average Bonchev–Trinajstić information content (AvgIpc) is 2.59. The van der Waals surface area contributed by atoms with E-state index in [1.165, 1.54) is 33.3 Å². The first kappa shape index (κ1) is 11.2. The van der Waals surface area contributed by atoms with Crippen molar-refractivity contribution in [2.75, 3.05) is 6.54 Å². The molecule has 0 aliphatic heterocycles. The normalized spacial score (nSPS) is 11.2. The molecule has 2 nitrogen and oxygen atoms in total. The van der Waals surface area contributed by atoms with Crippen molar-refractivity contribution < 1.29 is 0 Å². The van der Waals surface area contributed by atoms with Crippen molar-refractivity contribution in [2.24, 2.45) is 5.73 Å². The molecule has 0 atom stereocenters. The first-order chi connectivity index (χ1) is 7.65. The minimum Gasteiger partial charge on any atom is -0.358 e. The molecular weight excluding hydrogens is 196 g/mol. The van der Waals surface area contributed by atoms with Gasteiger partial charge in [0.1, 0.15) is 0 Å². The second-order valence-corrected chi connectivity index (χ2v) is 4.57. The molecule has 3 N–H and O–H groups in total. The van der Waals surface area contributed by atoms with Crippen molar-refractivity contribution in [3.8, 4) is 0 Å². The summed E-state index contributed by atoms with van der Waals surface area (Å²) in [6.45, 7) is 7.26. The number of benzene rings is 1. The van der Waals surface area contributed by atoms with E-state index in [-0.39, 0.29) is 0 Å². The van der Waals surface area contributed by atoms with Crippen LogP contribution in [0.5, 0.6) is 0 Å². The molecule has 1 aromatic heterocycles. The van der Waals surface area contributed by atoms with Gasteiger partial charge in [0.15, 0.2) is 0 Å². The van der Waals surface area contributed by atoms with Crippen molar-refractivity contribution in [1.82, 2.24) is 4.98 Å². The van der Waals surface area contributed by atoms with Crippen LogP contribution in [-0.2, 0) is 6.42 Å². The number of fused-ring (bicyclic) bond motifs is 1. The van der Waals surface area contributed by atoms with E-state index in [0.717, 1.165) is 19.4 Å². The van der Waals surface area contributed by atoms with Gasteiger partial charge < -0.3 is 10.7 Å². The van der Waals surface area contributed by atoms with Crippen LogP contribution in [0, 0.1) is 20.8 Å². The summed E-state index contributed by atoms with van der Waals surface area (Å²) in [5.41, 5.74) is 12.3. The Morgan fingerprint density at radius 1 is 1.12 bits per heavy atom. The number of hydrogen-bond donors (Lipinski definition) is 2. The number of aromatic amines is 1. The lowest BCUT2D eigenvalue weighted by Gasteiger charge is -2.04. The number of aryl methyl sites for hydroxylation is 4. The van der Waals surface area contributed by atoms with Crippen LogP contribution >= 0.6 is 0 Å². The van der Waals surface area contributed by atoms with Gasteiger partial charge in [0.05, 0.1) is 0 Å². The fourth-order valence-electron chi connectivity index (χ4n) is 2.40. The first-order valence-corrected chi connectivity index (χ1v) is 5.92. The molecule has 2 heteroatoms. The summed E-state index contributed by atoms with van der Waals surface area (Å²) in [6, 6.07) is 4.39. The number of nitrogens with two attached hydrogens (primary N) is 1. The Morgan fingerprint density at radius 3 is 2.50 bits per heavy atom. The van der Waals surface area contributed by atoms with Gasteiger partial charge in [-0.05, 0) is 56.8 Å². The topological polar surface area (TPSA) is 41.8 Å². The summed E-state index contributed by atoms with van der Waals surface area (Å²) in [5.74, 6) is 0. The summed E-state index contributed by atoms with van der Waals surface area (Å²) in [6.07, 6.45) is 2.13. The van der Waals surface area contributed by atoms with E-state index in [2.05, 4.69) is 37.9 Å². The Labute approximate surface area is 96.9 Å². The monoisotopic (exact) mass is 216 g/mol. The van der Waals surface area contributed by atoms with Gasteiger partial charge in [0.25, 0.3) is 0 Å². The van der Waals surface area contributed by atoms with E-state index in [0.29, 0.717) is 0 Å². The van der Waals surface area contributed by atoms with Gasteiger partial charge in [0.2, 0.25) is 0 Å². The Hall–Kier alpha value is -1.28. The number of hydrogen-bond acceptors (Lipinski definition) is 1. The highest BCUT2D eigenvalue weighted by Gasteiger charge is 2.11. The molecular formula is C14H20N2. The second kappa shape index (κ2) is 4.30. The van der Waals surface area contributed by atoms with Crippen molar-refractivity contribution in [2.45, 2.75) is 33.6 Å². The number of nitrogens with one attached hydrogen (secondary N) is 1. The molecule has 16 heavy (non-hydrogen) atoms. The third-order valence-electron chi connectivity index (χ3n) is 3.32. The van der Waals surface area contributed by atoms with Crippen LogP contribution in [-0.4, -0.2) is 11.5 Å². The van der Waals surface area contributed by atoms with Crippen molar-refractivity contribution in [3.05, 3.63) is 34.5 Å². The zero-order chi connectivity index (χ0) is 11.7. The Bertz CT molecular complexity index is 509. The maximum atomic E-state index is 5.60. The summed E-state index contributed by atoms with van der Waals surface area (Å²) >= 11 is 0. The summed E-state index contributed by atoms with van der Waals surface area (Å²) in [5, 5.41) is 1.41. The van der Waals surface area contributed by atoms with Gasteiger partial charge in [-0.1, -0.05) is 12.1 Å². The number of rotatable bonds is 3. The molecule has 0 spiro atoms. The molecule has 2 rings (SSSR count). The minimum absolute atomic E-state index is 0.761. The molecule has 0 aliphatic carbocycles. The number of aromatic nitrogens is 1. The second-order valence-electron chi connectivity index (χ2n) is 4.57. The highest BCUT2D eigenvalue weighted by atomic mass is 14.7. The van der Waals surface area contributed by atoms with E-state index in [4.69, 9.17) is 5.73 Å². The van der Waals surface area contributed by atoms with Crippen LogP contribution in [0.3, 0.4) is 0 Å². The standard InChI is InChI=1S/C14H20N2/c1-9-6-7-10(2)14-13(9)12(5-4-8-15)11(3)16-14/h6-7,16H,4-5,8,15H2,1-3H3. The van der Waals surface area contributed by atoms with Crippen LogP contribution in [0.4, 0.5) is 0 Å². The molecule has 0 radical (unpaired) electrons. The zero-order valence-electron chi connectivity index (χ0n) is 10.4. The van der Waals surface area contributed by atoms with E-state index < -0.39 is 0 Å². The van der Waals surface area contributed by atoms with Crippen molar-refractivity contribution in [3.63, 3.8) is 0 Å². The Kier molecular flexibility index (Phi) is 3.01. The smallest absolute Gasteiger partial charge is 0.0491 e. The summed E-state index contributed by atoms with van der Waals surface area (Å²) < 4.78 is 0. The van der Waals surface area contributed by atoms with Crippen LogP contribution < -0.4 is 5.73 Å². The fraction of sp³-hybridized carbons (Fsp3) is 0.429. The Morgan fingerprint density at radius 2 is 1.81 bits per heavy atom. The molecule has 2 aromatic rings. The molecule has 0 amide bonds. The molecule has 0 saturated carbocycles. The van der Waals surface area contributed by atoms with Gasteiger partial charge in [-0.15, -0.1) is 0 Å². The van der Waals surface area contributed by atoms with Crippen LogP contribution in [0.15, 0.2) is 12.1 Å². The van der Waals surface area contributed by atoms with Crippen LogP contribution in [0.25, 0.3) is 10.9 Å². The molecule has 0 unspecified atom stereocenters. The van der Waals surface area contributed by atoms with Crippen molar-refractivity contribution >= 4 is 10.9 Å². The molecule has 0 aliphatic rings. The Balaban J connectivity index is 2.63. The molecule has 0 saturated heterocycles. The fourth-order valence-corrected chi connectivity index (χ4v) is 2.40. The summed E-state index contributed by atoms with van der Waals surface area (Å²) in [4.78, 5) is 3.50. The average molecular weight is 216 g/mol. The molecule has 0 bridgehead atoms. The van der Waals surface area contributed by atoms with Crippen LogP contribution in [0.1, 0.15) is 28.8 Å². The predicted molar refractivity (Wildman–Crippen MR) is 69.9 cm³/mol. The maximum absolute atomic E-state index is 5.60. The zero-order valence-corrected chi connectivity index (χ0v) is 10.4. The van der Waals surface area contributed by atoms with Gasteiger partial charge in [0, 0.05) is 16.6 Å². The molecule has 1 heterocycles. The van der Waals surface area contributed by atoms with E-state index in [1.807, 2.05) is 0 Å². The lowest BCUT2D eigenvalue weighted by molar-refractivity contribution is 0.831. The lowest BCUT2D eigenvalue weighted by atomic mass is 10.0. The van der Waals surface area contributed by atoms with Crippen molar-refractivity contribution in [1.29, 1.82) is 0 Å². The van der Waals surface area contributed by atoms with Crippen LogP contribution in [0.2, 0.25) is 0 Å². The highest BCUT2D eigenvalue weighted by Crippen LogP contribution is 2.28. The highest BCUT2D eigenvalue weighted by molar-refractivity contribution is 5.90. The lowest BCUT2D eigenvalue weighted by Crippen LogP contribution is -2.01. The SMILES string of the molecule is Cc1[nH]c2c(C)ccc(C)c2c1CCCN. The van der Waals surface area contributed by atoms with Gasteiger partial charge in [-0.3, -0.25) is 0 Å². The van der Waals surface area contributed by atoms with E-state index >= 15 is 0 Å². The number of H-pyrrole nitrogens is 1. The van der Waals surface area contributed by atoms with Gasteiger partial charge in [-0.25, -0.2) is 0 Å². The predicted octanol–water partition coefficient (Wildman–Crippen LogP) is 2.98. The summed E-state index contributed by atoms with van der Waals surface area (Å²) in [7, 11) is 0. The quantitative estimate of drug-likeness (QED) is 0.813. The third kappa shape index (κ3) is 1.74. The van der Waals surface area contributed by atoms with E-state index in [1.54, 1.807) is 0 Å². The largest absolute Gasteiger partial charge is 0.358 e. The molecule has 86 valence electrons. The maximum Gasteiger partial charge on any atom is 0.0491 e. The van der Waals surface area contributed by atoms with E-state index in [9.17, 15) is 0 Å². The first-order valence-electron chi connectivity index (χ1n) is 5.92. The van der Waals surface area contributed by atoms with Gasteiger partial charge in [-0.2, -0.15) is 0 Å². The third-order valence-corrected chi connectivity index (χ3v) is 3.32. The minimum atomic E-state index is 0.761. The molecule has 1 aromatic carbocycles. The molecule has 0 fully saturated rings.